The zero-order valence-electron chi connectivity index (χ0n) is 14.5. The lowest BCUT2D eigenvalue weighted by atomic mass is 9.82. The van der Waals surface area contributed by atoms with Crippen molar-refractivity contribution in [2.45, 2.75) is 71.4 Å². The van der Waals surface area contributed by atoms with E-state index in [1.165, 1.54) is 6.42 Å². The molecule has 0 bridgehead atoms. The van der Waals surface area contributed by atoms with Crippen LogP contribution in [0.1, 0.15) is 59.8 Å². The number of rotatable bonds is 6. The standard InChI is InChI=1S/C15H30NO4PS2/c1-5-12-8-6-7-9-13(12)16(10-11-19-21(18,22)23)14(17)20-15(2,3)4/h12-13H,5-11H2,1-4H3,(H2,18,22,23). The average molecular weight is 384 g/mol. The first-order valence-electron chi connectivity index (χ1n) is 8.23. The Bertz CT molecular complexity index is 436. The van der Waals surface area contributed by atoms with Crippen LogP contribution in [0.3, 0.4) is 0 Å². The topological polar surface area (TPSA) is 59.0 Å². The summed E-state index contributed by atoms with van der Waals surface area (Å²) in [5.41, 5.74) is -3.55. The van der Waals surface area contributed by atoms with Crippen molar-refractivity contribution in [1.82, 2.24) is 4.90 Å². The van der Waals surface area contributed by atoms with Gasteiger partial charge in [0, 0.05) is 12.6 Å². The average Bonchev–Trinajstić information content (AvgIpc) is 2.40. The highest BCUT2D eigenvalue weighted by molar-refractivity contribution is 8.59. The molecule has 1 rings (SSSR count). The minimum atomic E-state index is -3.01. The molecule has 1 N–H and O–H groups in total. The third-order valence-corrected chi connectivity index (χ3v) is 5.19. The van der Waals surface area contributed by atoms with Crippen molar-refractivity contribution in [1.29, 1.82) is 0 Å². The van der Waals surface area contributed by atoms with Gasteiger partial charge in [-0.05, 0) is 51.3 Å². The predicted molar refractivity (Wildman–Crippen MR) is 100 cm³/mol. The lowest BCUT2D eigenvalue weighted by Crippen LogP contribution is -2.49. The first-order chi connectivity index (χ1) is 10.5. The van der Waals surface area contributed by atoms with Gasteiger partial charge in [-0.3, -0.25) is 0 Å². The van der Waals surface area contributed by atoms with E-state index in [1.807, 2.05) is 20.8 Å². The van der Waals surface area contributed by atoms with Gasteiger partial charge < -0.3 is 19.1 Å². The largest absolute Gasteiger partial charge is 0.444 e. The van der Waals surface area contributed by atoms with E-state index in [1.54, 1.807) is 4.90 Å². The zero-order valence-corrected chi connectivity index (χ0v) is 17.1. The molecule has 1 fully saturated rings. The third kappa shape index (κ3) is 8.21. The molecule has 23 heavy (non-hydrogen) atoms. The van der Waals surface area contributed by atoms with E-state index < -0.39 is 11.3 Å². The summed E-state index contributed by atoms with van der Waals surface area (Å²) in [6, 6.07) is 0.156. The molecule has 5 nitrogen and oxygen atoms in total. The quantitative estimate of drug-likeness (QED) is 0.527. The minimum absolute atomic E-state index is 0.156. The molecular formula is C15H30NO4PS2. The second-order valence-corrected chi connectivity index (χ2v) is 12.2. The van der Waals surface area contributed by atoms with Crippen LogP contribution in [0.4, 0.5) is 4.79 Å². The molecule has 0 radical (unpaired) electrons. The normalized spacial score (nSPS) is 24.8. The Kier molecular flexibility index (Phi) is 8.35. The molecule has 0 aromatic rings. The van der Waals surface area contributed by atoms with Gasteiger partial charge in [-0.1, -0.05) is 38.4 Å². The molecule has 1 amide bonds. The van der Waals surface area contributed by atoms with Gasteiger partial charge in [0.25, 0.3) is 0 Å². The van der Waals surface area contributed by atoms with Gasteiger partial charge in [-0.25, -0.2) is 4.79 Å². The Morgan fingerprint density at radius 2 is 2.00 bits per heavy atom. The van der Waals surface area contributed by atoms with E-state index in [4.69, 9.17) is 21.1 Å². The molecule has 1 aliphatic carbocycles. The molecule has 136 valence electrons. The van der Waals surface area contributed by atoms with Crippen LogP contribution in [-0.2, 0) is 21.1 Å². The fourth-order valence-corrected chi connectivity index (χ4v) is 3.83. The van der Waals surface area contributed by atoms with Gasteiger partial charge in [0.15, 0.2) is 0 Å². The van der Waals surface area contributed by atoms with Gasteiger partial charge in [-0.2, -0.15) is 0 Å². The molecule has 0 aliphatic heterocycles. The van der Waals surface area contributed by atoms with Crippen LogP contribution in [0.25, 0.3) is 0 Å². The van der Waals surface area contributed by atoms with E-state index in [0.29, 0.717) is 12.5 Å². The van der Waals surface area contributed by atoms with Crippen molar-refractivity contribution >= 4 is 35.8 Å². The van der Waals surface area contributed by atoms with Crippen LogP contribution in [-0.4, -0.2) is 40.7 Å². The number of ether oxygens (including phenoxy) is 1. The monoisotopic (exact) mass is 383 g/mol. The Balaban J connectivity index is 2.81. The molecule has 0 aromatic heterocycles. The zero-order chi connectivity index (χ0) is 17.7. The number of thiol groups is 1. The van der Waals surface area contributed by atoms with Gasteiger partial charge in [0.05, 0.1) is 6.61 Å². The molecule has 0 saturated heterocycles. The van der Waals surface area contributed by atoms with Gasteiger partial charge in [0.1, 0.15) is 5.60 Å². The summed E-state index contributed by atoms with van der Waals surface area (Å²) in [5.74, 6) is 0.476. The van der Waals surface area contributed by atoms with Crippen molar-refractivity contribution in [2.75, 3.05) is 13.2 Å². The molecule has 0 heterocycles. The minimum Gasteiger partial charge on any atom is -0.444 e. The predicted octanol–water partition coefficient (Wildman–Crippen LogP) is 4.36. The second-order valence-electron chi connectivity index (χ2n) is 7.02. The van der Waals surface area contributed by atoms with Crippen molar-refractivity contribution in [2.24, 2.45) is 5.92 Å². The highest BCUT2D eigenvalue weighted by Crippen LogP contribution is 2.47. The fourth-order valence-electron chi connectivity index (χ4n) is 3.05. The van der Waals surface area contributed by atoms with Crippen LogP contribution < -0.4 is 0 Å². The smallest absolute Gasteiger partial charge is 0.410 e. The molecule has 1 saturated carbocycles. The molecular weight excluding hydrogens is 353 g/mol. The van der Waals surface area contributed by atoms with Crippen molar-refractivity contribution in [3.63, 3.8) is 0 Å². The fraction of sp³-hybridized carbons (Fsp3) is 0.933. The van der Waals surface area contributed by atoms with Crippen LogP contribution in [0.15, 0.2) is 0 Å². The Labute approximate surface area is 150 Å². The Morgan fingerprint density at radius 1 is 1.39 bits per heavy atom. The van der Waals surface area contributed by atoms with E-state index >= 15 is 0 Å². The molecule has 8 heteroatoms. The van der Waals surface area contributed by atoms with Gasteiger partial charge in [-0.15, -0.1) is 0 Å². The summed E-state index contributed by atoms with van der Waals surface area (Å²) >= 11 is 8.63. The maximum atomic E-state index is 12.6. The van der Waals surface area contributed by atoms with Crippen LogP contribution in [0, 0.1) is 5.92 Å². The van der Waals surface area contributed by atoms with E-state index in [2.05, 4.69) is 19.2 Å². The number of nitrogens with zero attached hydrogens (tertiary/aromatic N) is 1. The lowest BCUT2D eigenvalue weighted by Gasteiger charge is -2.40. The number of carbonyl (C=O) groups excluding carboxylic acids is 1. The number of amides is 1. The summed E-state index contributed by atoms with van der Waals surface area (Å²) in [7, 11) is 0. The van der Waals surface area contributed by atoms with Crippen LogP contribution >= 0.6 is 17.9 Å². The number of hydrogen-bond donors (Lipinski definition) is 2. The van der Waals surface area contributed by atoms with Gasteiger partial charge >= 0.3 is 6.09 Å². The van der Waals surface area contributed by atoms with Crippen molar-refractivity contribution in [3.8, 4) is 0 Å². The van der Waals surface area contributed by atoms with Gasteiger partial charge in [0.2, 0.25) is 5.69 Å². The first kappa shape index (κ1) is 21.2. The van der Waals surface area contributed by atoms with E-state index in [0.717, 1.165) is 25.7 Å². The van der Waals surface area contributed by atoms with Crippen molar-refractivity contribution in [3.05, 3.63) is 0 Å². The Hall–Kier alpha value is 0.190. The SMILES string of the molecule is CCC1CCCCC1N(CCOP(O)(=S)S)C(=O)OC(C)(C)C. The maximum Gasteiger partial charge on any atom is 0.410 e. The highest BCUT2D eigenvalue weighted by Gasteiger charge is 2.34. The summed E-state index contributed by atoms with van der Waals surface area (Å²) in [4.78, 5) is 23.9. The van der Waals surface area contributed by atoms with Crippen LogP contribution in [0.5, 0.6) is 0 Å². The summed E-state index contributed by atoms with van der Waals surface area (Å²) in [6.45, 7) is 8.27. The lowest BCUT2D eigenvalue weighted by molar-refractivity contribution is 0.000389. The summed E-state index contributed by atoms with van der Waals surface area (Å²) in [5, 5.41) is 0. The third-order valence-electron chi connectivity index (χ3n) is 4.01. The van der Waals surface area contributed by atoms with Crippen molar-refractivity contribution < 1.29 is 18.9 Å². The maximum absolute atomic E-state index is 12.6. The molecule has 0 spiro atoms. The van der Waals surface area contributed by atoms with Crippen LogP contribution in [0.2, 0.25) is 0 Å². The number of hydrogen-bond acceptors (Lipinski definition) is 4. The molecule has 3 unspecified atom stereocenters. The highest BCUT2D eigenvalue weighted by atomic mass is 32.9. The molecule has 1 aliphatic rings. The van der Waals surface area contributed by atoms with E-state index in [9.17, 15) is 9.69 Å². The second kappa shape index (κ2) is 9.04. The first-order valence-corrected chi connectivity index (χ1v) is 12.1. The molecule has 0 aromatic carbocycles. The van der Waals surface area contributed by atoms with E-state index in [-0.39, 0.29) is 18.7 Å². The summed E-state index contributed by atoms with van der Waals surface area (Å²) in [6.07, 6.45) is 5.15. The Morgan fingerprint density at radius 3 is 2.52 bits per heavy atom. The number of carbonyl (C=O) groups is 1. The molecule has 3 atom stereocenters. The summed E-state index contributed by atoms with van der Waals surface area (Å²) < 4.78 is 10.8.